The molecule has 0 amide bonds. The van der Waals surface area contributed by atoms with Crippen LogP contribution >= 0.6 is 0 Å². The standard InChI is InChI=1S/C18H20O3/c1-20-17-7-3-2-5-15(17)12-16(19)13-8-9-18-14(11-13)6-4-10-21-18/h2-3,5,7-9,11,16,19H,4,6,10,12H2,1H3. The van der Waals surface area contributed by atoms with Crippen LogP contribution in [0.25, 0.3) is 0 Å². The molecule has 1 aliphatic rings. The molecule has 110 valence electrons. The first-order valence-corrected chi connectivity index (χ1v) is 7.33. The van der Waals surface area contributed by atoms with Crippen molar-refractivity contribution in [2.45, 2.75) is 25.4 Å². The van der Waals surface area contributed by atoms with Gasteiger partial charge >= 0.3 is 0 Å². The van der Waals surface area contributed by atoms with Crippen LogP contribution in [0, 0.1) is 0 Å². The van der Waals surface area contributed by atoms with E-state index in [1.807, 2.05) is 36.4 Å². The minimum Gasteiger partial charge on any atom is -0.496 e. The maximum Gasteiger partial charge on any atom is 0.122 e. The minimum atomic E-state index is -0.534. The summed E-state index contributed by atoms with van der Waals surface area (Å²) in [5, 5.41) is 10.5. The number of fused-ring (bicyclic) bond motifs is 1. The number of aliphatic hydroxyl groups excluding tert-OH is 1. The summed E-state index contributed by atoms with van der Waals surface area (Å²) in [4.78, 5) is 0. The summed E-state index contributed by atoms with van der Waals surface area (Å²) in [7, 11) is 1.65. The van der Waals surface area contributed by atoms with Gasteiger partial charge in [0.05, 0.1) is 19.8 Å². The second-order valence-corrected chi connectivity index (χ2v) is 5.35. The highest BCUT2D eigenvalue weighted by Gasteiger charge is 2.16. The molecule has 0 fully saturated rings. The molecule has 0 bridgehead atoms. The van der Waals surface area contributed by atoms with Crippen LogP contribution < -0.4 is 9.47 Å². The largest absolute Gasteiger partial charge is 0.496 e. The van der Waals surface area contributed by atoms with Gasteiger partial charge in [0, 0.05) is 6.42 Å². The Balaban J connectivity index is 1.80. The van der Waals surface area contributed by atoms with E-state index in [-0.39, 0.29) is 0 Å². The van der Waals surface area contributed by atoms with Crippen molar-refractivity contribution in [3.8, 4) is 11.5 Å². The molecule has 1 N–H and O–H groups in total. The van der Waals surface area contributed by atoms with Crippen molar-refractivity contribution in [1.29, 1.82) is 0 Å². The molecule has 0 radical (unpaired) electrons. The average Bonchev–Trinajstić information content (AvgIpc) is 2.55. The van der Waals surface area contributed by atoms with Crippen molar-refractivity contribution in [3.63, 3.8) is 0 Å². The van der Waals surface area contributed by atoms with Crippen molar-refractivity contribution in [2.75, 3.05) is 13.7 Å². The van der Waals surface area contributed by atoms with E-state index in [1.165, 1.54) is 5.56 Å². The summed E-state index contributed by atoms with van der Waals surface area (Å²) in [6, 6.07) is 13.8. The minimum absolute atomic E-state index is 0.534. The molecule has 1 aliphatic heterocycles. The van der Waals surface area contributed by atoms with Crippen LogP contribution in [0.4, 0.5) is 0 Å². The Morgan fingerprint density at radius 2 is 2.10 bits per heavy atom. The Kier molecular flexibility index (Phi) is 4.11. The lowest BCUT2D eigenvalue weighted by Crippen LogP contribution is -2.10. The molecular formula is C18H20O3. The first-order chi connectivity index (χ1) is 10.3. The van der Waals surface area contributed by atoms with Gasteiger partial charge in [-0.1, -0.05) is 24.3 Å². The van der Waals surface area contributed by atoms with Gasteiger partial charge in [-0.05, 0) is 47.7 Å². The lowest BCUT2D eigenvalue weighted by Gasteiger charge is -2.20. The highest BCUT2D eigenvalue weighted by molar-refractivity contribution is 5.40. The van der Waals surface area contributed by atoms with E-state index in [0.29, 0.717) is 6.42 Å². The van der Waals surface area contributed by atoms with Crippen molar-refractivity contribution >= 4 is 0 Å². The van der Waals surface area contributed by atoms with Gasteiger partial charge in [-0.3, -0.25) is 0 Å². The van der Waals surface area contributed by atoms with E-state index in [4.69, 9.17) is 9.47 Å². The van der Waals surface area contributed by atoms with E-state index in [1.54, 1.807) is 7.11 Å². The molecule has 0 saturated carbocycles. The van der Waals surface area contributed by atoms with Crippen LogP contribution in [-0.4, -0.2) is 18.8 Å². The molecule has 0 spiro atoms. The molecule has 1 atom stereocenters. The zero-order chi connectivity index (χ0) is 14.7. The summed E-state index contributed by atoms with van der Waals surface area (Å²) in [5.74, 6) is 1.77. The van der Waals surface area contributed by atoms with Crippen LogP contribution in [0.1, 0.15) is 29.2 Å². The summed E-state index contributed by atoms with van der Waals surface area (Å²) in [6.45, 7) is 0.788. The number of aryl methyl sites for hydroxylation is 1. The fraction of sp³-hybridized carbons (Fsp3) is 0.333. The second kappa shape index (κ2) is 6.19. The van der Waals surface area contributed by atoms with Gasteiger partial charge < -0.3 is 14.6 Å². The fourth-order valence-corrected chi connectivity index (χ4v) is 2.79. The number of rotatable bonds is 4. The van der Waals surface area contributed by atoms with Crippen LogP contribution in [0.5, 0.6) is 11.5 Å². The van der Waals surface area contributed by atoms with Gasteiger partial charge in [0.1, 0.15) is 11.5 Å². The Labute approximate surface area is 125 Å². The van der Waals surface area contributed by atoms with Crippen molar-refractivity contribution in [3.05, 3.63) is 59.2 Å². The molecule has 0 aromatic heterocycles. The van der Waals surface area contributed by atoms with E-state index in [2.05, 4.69) is 6.07 Å². The lowest BCUT2D eigenvalue weighted by molar-refractivity contribution is 0.177. The highest BCUT2D eigenvalue weighted by Crippen LogP contribution is 2.30. The average molecular weight is 284 g/mol. The maximum atomic E-state index is 10.5. The molecule has 0 saturated heterocycles. The van der Waals surface area contributed by atoms with Gasteiger partial charge in [-0.25, -0.2) is 0 Å². The molecule has 2 aromatic carbocycles. The van der Waals surface area contributed by atoms with Gasteiger partial charge in [0.2, 0.25) is 0 Å². The number of benzene rings is 2. The highest BCUT2D eigenvalue weighted by atomic mass is 16.5. The maximum absolute atomic E-state index is 10.5. The SMILES string of the molecule is COc1ccccc1CC(O)c1ccc2c(c1)CCCO2. The van der Waals surface area contributed by atoms with Crippen molar-refractivity contribution in [1.82, 2.24) is 0 Å². The van der Waals surface area contributed by atoms with Gasteiger partial charge in [0.25, 0.3) is 0 Å². The Morgan fingerprint density at radius 3 is 2.95 bits per heavy atom. The molecule has 0 aliphatic carbocycles. The predicted octanol–water partition coefficient (Wildman–Crippen LogP) is 3.30. The molecule has 3 rings (SSSR count). The van der Waals surface area contributed by atoms with Crippen LogP contribution in [-0.2, 0) is 12.8 Å². The Hall–Kier alpha value is -2.00. The first-order valence-electron chi connectivity index (χ1n) is 7.33. The molecule has 2 aromatic rings. The smallest absolute Gasteiger partial charge is 0.122 e. The summed E-state index contributed by atoms with van der Waals surface area (Å²) < 4.78 is 11.0. The van der Waals surface area contributed by atoms with Crippen molar-refractivity contribution < 1.29 is 14.6 Å². The molecule has 3 nitrogen and oxygen atoms in total. The van der Waals surface area contributed by atoms with E-state index in [9.17, 15) is 5.11 Å². The Morgan fingerprint density at radius 1 is 1.24 bits per heavy atom. The number of hydrogen-bond donors (Lipinski definition) is 1. The fourth-order valence-electron chi connectivity index (χ4n) is 2.79. The zero-order valence-electron chi connectivity index (χ0n) is 12.2. The number of ether oxygens (including phenoxy) is 2. The van der Waals surface area contributed by atoms with Crippen molar-refractivity contribution in [2.24, 2.45) is 0 Å². The van der Waals surface area contributed by atoms with Crippen LogP contribution in [0.2, 0.25) is 0 Å². The first kappa shape index (κ1) is 14.0. The lowest BCUT2D eigenvalue weighted by atomic mass is 9.97. The van der Waals surface area contributed by atoms with Gasteiger partial charge in [0.15, 0.2) is 0 Å². The number of methoxy groups -OCH3 is 1. The third-order valence-corrected chi connectivity index (χ3v) is 3.92. The third kappa shape index (κ3) is 3.03. The van der Waals surface area contributed by atoms with Gasteiger partial charge in [-0.2, -0.15) is 0 Å². The van der Waals surface area contributed by atoms with Gasteiger partial charge in [-0.15, -0.1) is 0 Å². The van der Waals surface area contributed by atoms with E-state index >= 15 is 0 Å². The quantitative estimate of drug-likeness (QED) is 0.936. The topological polar surface area (TPSA) is 38.7 Å². The van der Waals surface area contributed by atoms with Crippen LogP contribution in [0.15, 0.2) is 42.5 Å². The monoisotopic (exact) mass is 284 g/mol. The molecule has 3 heteroatoms. The molecule has 1 heterocycles. The number of aliphatic hydroxyl groups is 1. The van der Waals surface area contributed by atoms with E-state index in [0.717, 1.165) is 42.1 Å². The molecule has 1 unspecified atom stereocenters. The summed E-state index contributed by atoms with van der Waals surface area (Å²) >= 11 is 0. The number of para-hydroxylation sites is 1. The van der Waals surface area contributed by atoms with E-state index < -0.39 is 6.10 Å². The second-order valence-electron chi connectivity index (χ2n) is 5.35. The predicted molar refractivity (Wildman–Crippen MR) is 81.9 cm³/mol. The third-order valence-electron chi connectivity index (χ3n) is 3.92. The Bertz CT molecular complexity index is 622. The number of hydrogen-bond acceptors (Lipinski definition) is 3. The normalized spacial score (nSPS) is 15.0. The zero-order valence-corrected chi connectivity index (χ0v) is 12.2. The summed E-state index contributed by atoms with van der Waals surface area (Å²) in [6.07, 6.45) is 2.07. The molecular weight excluding hydrogens is 264 g/mol. The molecule has 21 heavy (non-hydrogen) atoms. The summed E-state index contributed by atoms with van der Waals surface area (Å²) in [5.41, 5.74) is 3.14. The van der Waals surface area contributed by atoms with Crippen LogP contribution in [0.3, 0.4) is 0 Å².